The minimum atomic E-state index is -3.59. The number of carbonyl (C=O) groups excluding carboxylic acids is 1. The Balaban J connectivity index is 0.00000312. The Kier molecular flexibility index (Phi) is 7.62. The van der Waals surface area contributed by atoms with E-state index in [-0.39, 0.29) is 23.2 Å². The number of sulfonamides is 1. The first kappa shape index (κ1) is 21.6. The summed E-state index contributed by atoms with van der Waals surface area (Å²) >= 11 is 0. The van der Waals surface area contributed by atoms with E-state index in [0.717, 1.165) is 19.5 Å². The maximum atomic E-state index is 12.2. The van der Waals surface area contributed by atoms with E-state index in [1.165, 1.54) is 29.8 Å². The SMILES string of the molecule is CC(C)(C)NS(=O)(=O)c1ccc(C(=O)NCC2=CCNCC2)cc1.Cl. The maximum Gasteiger partial charge on any atom is 0.251 e. The minimum Gasteiger partial charge on any atom is -0.348 e. The van der Waals surface area contributed by atoms with Crippen LogP contribution in [0.2, 0.25) is 0 Å². The zero-order valence-corrected chi connectivity index (χ0v) is 16.4. The molecule has 1 aromatic carbocycles. The number of hydrogen-bond donors (Lipinski definition) is 3. The van der Waals surface area contributed by atoms with E-state index in [4.69, 9.17) is 0 Å². The molecule has 0 unspecified atom stereocenters. The van der Waals surface area contributed by atoms with Crippen LogP contribution >= 0.6 is 12.4 Å². The van der Waals surface area contributed by atoms with Crippen LogP contribution in [-0.4, -0.2) is 39.5 Å². The molecule has 0 aliphatic carbocycles. The van der Waals surface area contributed by atoms with Gasteiger partial charge in [-0.15, -0.1) is 12.4 Å². The van der Waals surface area contributed by atoms with Crippen LogP contribution in [0.1, 0.15) is 37.6 Å². The molecule has 1 aliphatic heterocycles. The van der Waals surface area contributed by atoms with Crippen LogP contribution < -0.4 is 15.4 Å². The fourth-order valence-corrected chi connectivity index (χ4v) is 3.79. The Bertz CT molecular complexity index is 723. The molecule has 0 atom stereocenters. The van der Waals surface area contributed by atoms with Crippen molar-refractivity contribution in [2.75, 3.05) is 19.6 Å². The number of carbonyl (C=O) groups is 1. The van der Waals surface area contributed by atoms with Crippen LogP contribution in [0.3, 0.4) is 0 Å². The summed E-state index contributed by atoms with van der Waals surface area (Å²) in [5, 5.41) is 6.08. The van der Waals surface area contributed by atoms with E-state index in [0.29, 0.717) is 12.1 Å². The van der Waals surface area contributed by atoms with Gasteiger partial charge in [-0.3, -0.25) is 4.79 Å². The number of halogens is 1. The summed E-state index contributed by atoms with van der Waals surface area (Å²) in [7, 11) is -3.59. The van der Waals surface area contributed by atoms with Crippen molar-refractivity contribution in [3.63, 3.8) is 0 Å². The fraction of sp³-hybridized carbons (Fsp3) is 0.471. The smallest absolute Gasteiger partial charge is 0.251 e. The van der Waals surface area contributed by atoms with E-state index in [1.54, 1.807) is 20.8 Å². The molecule has 8 heteroatoms. The molecule has 140 valence electrons. The third-order valence-corrected chi connectivity index (χ3v) is 5.28. The number of rotatable bonds is 5. The molecule has 2 rings (SSSR count). The van der Waals surface area contributed by atoms with Gasteiger partial charge >= 0.3 is 0 Å². The van der Waals surface area contributed by atoms with Crippen molar-refractivity contribution >= 4 is 28.3 Å². The number of benzene rings is 1. The lowest BCUT2D eigenvalue weighted by Crippen LogP contribution is -2.40. The number of nitrogens with one attached hydrogen (secondary N) is 3. The summed E-state index contributed by atoms with van der Waals surface area (Å²) in [6.07, 6.45) is 3.01. The summed E-state index contributed by atoms with van der Waals surface area (Å²) in [6.45, 7) is 7.62. The van der Waals surface area contributed by atoms with E-state index >= 15 is 0 Å². The molecule has 1 aromatic rings. The predicted molar refractivity (Wildman–Crippen MR) is 102 cm³/mol. The quantitative estimate of drug-likeness (QED) is 0.673. The molecule has 0 bridgehead atoms. The topological polar surface area (TPSA) is 87.3 Å². The molecule has 1 aliphatic rings. The average molecular weight is 388 g/mol. The van der Waals surface area contributed by atoms with Gasteiger partial charge in [0.05, 0.1) is 4.90 Å². The summed E-state index contributed by atoms with van der Waals surface area (Å²) < 4.78 is 27.1. The Labute approximate surface area is 155 Å². The minimum absolute atomic E-state index is 0. The second kappa shape index (κ2) is 8.80. The third kappa shape index (κ3) is 6.78. The lowest BCUT2D eigenvalue weighted by atomic mass is 10.1. The molecule has 0 saturated carbocycles. The molecule has 6 nitrogen and oxygen atoms in total. The lowest BCUT2D eigenvalue weighted by Gasteiger charge is -2.20. The number of amides is 1. The molecule has 0 aromatic heterocycles. The first-order valence-corrected chi connectivity index (χ1v) is 9.46. The highest BCUT2D eigenvalue weighted by Gasteiger charge is 2.22. The Morgan fingerprint density at radius 3 is 2.36 bits per heavy atom. The van der Waals surface area contributed by atoms with Gasteiger partial charge in [-0.1, -0.05) is 11.6 Å². The molecule has 25 heavy (non-hydrogen) atoms. The molecule has 3 N–H and O–H groups in total. The van der Waals surface area contributed by atoms with Crippen molar-refractivity contribution in [3.05, 3.63) is 41.5 Å². The standard InChI is InChI=1S/C17H25N3O3S.ClH/c1-17(2,3)20-24(22,23)15-6-4-14(5-7-15)16(21)19-12-13-8-10-18-11-9-13;/h4-8,18,20H,9-12H2,1-3H3,(H,19,21);1H. The predicted octanol–water partition coefficient (Wildman–Crippen LogP) is 1.83. The van der Waals surface area contributed by atoms with Crippen LogP contribution in [0.4, 0.5) is 0 Å². The van der Waals surface area contributed by atoms with Crippen molar-refractivity contribution in [2.45, 2.75) is 37.6 Å². The van der Waals surface area contributed by atoms with E-state index < -0.39 is 15.6 Å². The van der Waals surface area contributed by atoms with Gasteiger partial charge in [-0.2, -0.15) is 0 Å². The summed E-state index contributed by atoms with van der Waals surface area (Å²) in [4.78, 5) is 12.3. The van der Waals surface area contributed by atoms with Crippen LogP contribution in [0.5, 0.6) is 0 Å². The monoisotopic (exact) mass is 387 g/mol. The second-order valence-electron chi connectivity index (χ2n) is 6.88. The highest BCUT2D eigenvalue weighted by Crippen LogP contribution is 2.14. The van der Waals surface area contributed by atoms with Crippen molar-refractivity contribution in [3.8, 4) is 0 Å². The van der Waals surface area contributed by atoms with Crippen molar-refractivity contribution in [2.24, 2.45) is 0 Å². The first-order valence-electron chi connectivity index (χ1n) is 7.98. The van der Waals surface area contributed by atoms with Crippen LogP contribution in [0.15, 0.2) is 40.8 Å². The number of hydrogen-bond acceptors (Lipinski definition) is 4. The van der Waals surface area contributed by atoms with Crippen LogP contribution in [-0.2, 0) is 10.0 Å². The summed E-state index contributed by atoms with van der Waals surface area (Å²) in [6, 6.07) is 5.96. The van der Waals surface area contributed by atoms with E-state index in [9.17, 15) is 13.2 Å². The average Bonchev–Trinajstić information content (AvgIpc) is 2.51. The van der Waals surface area contributed by atoms with Crippen molar-refractivity contribution in [1.82, 2.24) is 15.4 Å². The van der Waals surface area contributed by atoms with Gasteiger partial charge in [-0.25, -0.2) is 13.1 Å². The largest absolute Gasteiger partial charge is 0.348 e. The van der Waals surface area contributed by atoms with Gasteiger partial charge in [0.2, 0.25) is 10.0 Å². The Morgan fingerprint density at radius 2 is 1.84 bits per heavy atom. The highest BCUT2D eigenvalue weighted by atomic mass is 35.5. The Hall–Kier alpha value is -1.41. The van der Waals surface area contributed by atoms with Gasteiger partial charge in [0.25, 0.3) is 5.91 Å². The van der Waals surface area contributed by atoms with Crippen molar-refractivity contribution < 1.29 is 13.2 Å². The van der Waals surface area contributed by atoms with Crippen LogP contribution in [0.25, 0.3) is 0 Å². The summed E-state index contributed by atoms with van der Waals surface area (Å²) in [5.41, 5.74) is 1.09. The van der Waals surface area contributed by atoms with Gasteiger partial charge in [0, 0.05) is 24.2 Å². The molecular weight excluding hydrogens is 362 g/mol. The zero-order chi connectivity index (χ0) is 17.8. The molecule has 0 spiro atoms. The Morgan fingerprint density at radius 1 is 1.20 bits per heavy atom. The molecule has 1 heterocycles. The van der Waals surface area contributed by atoms with Gasteiger partial charge in [-0.05, 0) is 58.0 Å². The molecular formula is C17H26ClN3O3S. The second-order valence-corrected chi connectivity index (χ2v) is 8.56. The third-order valence-electron chi connectivity index (χ3n) is 3.50. The van der Waals surface area contributed by atoms with Gasteiger partial charge in [0.1, 0.15) is 0 Å². The van der Waals surface area contributed by atoms with Gasteiger partial charge < -0.3 is 10.6 Å². The first-order chi connectivity index (χ1) is 11.2. The zero-order valence-electron chi connectivity index (χ0n) is 14.8. The van der Waals surface area contributed by atoms with Crippen molar-refractivity contribution in [1.29, 1.82) is 0 Å². The lowest BCUT2D eigenvalue weighted by molar-refractivity contribution is 0.0956. The van der Waals surface area contributed by atoms with Crippen LogP contribution in [0, 0.1) is 0 Å². The molecule has 1 amide bonds. The molecule has 0 radical (unpaired) electrons. The normalized spacial score (nSPS) is 15.1. The van der Waals surface area contributed by atoms with E-state index in [1.807, 2.05) is 0 Å². The molecule has 0 fully saturated rings. The maximum absolute atomic E-state index is 12.2. The van der Waals surface area contributed by atoms with E-state index in [2.05, 4.69) is 21.4 Å². The fourth-order valence-electron chi connectivity index (χ4n) is 2.37. The summed E-state index contributed by atoms with van der Waals surface area (Å²) in [5.74, 6) is -0.206. The highest BCUT2D eigenvalue weighted by molar-refractivity contribution is 7.89. The van der Waals surface area contributed by atoms with Gasteiger partial charge in [0.15, 0.2) is 0 Å². The molecule has 0 saturated heterocycles.